The number of hydrogen-bond donors (Lipinski definition) is 2. The van der Waals surface area contributed by atoms with Crippen LogP contribution in [-0.4, -0.2) is 48.4 Å². The predicted octanol–water partition coefficient (Wildman–Crippen LogP) is 2.67. The van der Waals surface area contributed by atoms with Crippen molar-refractivity contribution >= 4 is 6.03 Å². The Bertz CT molecular complexity index is 509. The minimum Gasteiger partial charge on any atom is -0.496 e. The highest BCUT2D eigenvalue weighted by molar-refractivity contribution is 5.74. The molecule has 2 N–H and O–H groups in total. The number of ether oxygens (including phenoxy) is 1. The third-order valence-corrected chi connectivity index (χ3v) is 3.72. The van der Waals surface area contributed by atoms with Crippen molar-refractivity contribution in [3.05, 3.63) is 29.8 Å². The Labute approximate surface area is 139 Å². The molecule has 1 rings (SSSR count). The zero-order valence-electron chi connectivity index (χ0n) is 15.1. The number of likely N-dealkylation sites (N-methyl/N-ethyl adjacent to an activating group) is 1. The molecule has 0 fully saturated rings. The average Bonchev–Trinajstić information content (AvgIpc) is 2.45. The number of benzene rings is 1. The molecule has 1 atom stereocenters. The lowest BCUT2D eigenvalue weighted by atomic mass is 9.96. The Balaban J connectivity index is 2.77. The van der Waals surface area contributed by atoms with E-state index < -0.39 is 5.60 Å². The maximum absolute atomic E-state index is 12.4. The van der Waals surface area contributed by atoms with Gasteiger partial charge in [-0.05, 0) is 37.8 Å². The number of hydrogen-bond acceptors (Lipinski definition) is 3. The zero-order valence-corrected chi connectivity index (χ0v) is 15.1. The SMILES string of the molecule is COc1ccccc1CC(NC(=O)N(C)CC(C)(C)O)C(C)C. The second-order valence-corrected chi connectivity index (χ2v) is 6.98. The molecular weight excluding hydrogens is 292 g/mol. The summed E-state index contributed by atoms with van der Waals surface area (Å²) in [7, 11) is 3.34. The van der Waals surface area contributed by atoms with Crippen molar-refractivity contribution in [2.24, 2.45) is 5.92 Å². The Kier molecular flexibility index (Phi) is 6.88. The van der Waals surface area contributed by atoms with Crippen LogP contribution in [0.25, 0.3) is 0 Å². The van der Waals surface area contributed by atoms with Crippen molar-refractivity contribution in [2.75, 3.05) is 20.7 Å². The van der Waals surface area contributed by atoms with Crippen LogP contribution in [0.4, 0.5) is 4.79 Å². The number of methoxy groups -OCH3 is 1. The van der Waals surface area contributed by atoms with E-state index in [0.717, 1.165) is 11.3 Å². The topological polar surface area (TPSA) is 61.8 Å². The molecule has 0 radical (unpaired) electrons. The van der Waals surface area contributed by atoms with Crippen molar-refractivity contribution in [1.82, 2.24) is 10.2 Å². The van der Waals surface area contributed by atoms with Crippen molar-refractivity contribution in [1.29, 1.82) is 0 Å². The first-order valence-electron chi connectivity index (χ1n) is 8.00. The van der Waals surface area contributed by atoms with E-state index in [1.54, 1.807) is 28.0 Å². The van der Waals surface area contributed by atoms with E-state index in [1.807, 2.05) is 24.3 Å². The van der Waals surface area contributed by atoms with Crippen LogP contribution in [0.15, 0.2) is 24.3 Å². The Morgan fingerprint density at radius 3 is 2.48 bits per heavy atom. The molecule has 0 aliphatic carbocycles. The van der Waals surface area contributed by atoms with E-state index in [9.17, 15) is 9.90 Å². The molecule has 1 aromatic carbocycles. The molecular formula is C18H30N2O3. The molecule has 0 aromatic heterocycles. The third kappa shape index (κ3) is 6.48. The maximum Gasteiger partial charge on any atom is 0.317 e. The minimum atomic E-state index is -0.915. The average molecular weight is 322 g/mol. The maximum atomic E-state index is 12.4. The minimum absolute atomic E-state index is 0.0111. The van der Waals surface area contributed by atoms with Gasteiger partial charge in [-0.2, -0.15) is 0 Å². The smallest absolute Gasteiger partial charge is 0.317 e. The molecule has 5 nitrogen and oxygen atoms in total. The molecule has 5 heteroatoms. The highest BCUT2D eigenvalue weighted by Crippen LogP contribution is 2.21. The molecule has 0 aliphatic heterocycles. The number of nitrogens with one attached hydrogen (secondary N) is 1. The van der Waals surface area contributed by atoms with Crippen LogP contribution < -0.4 is 10.1 Å². The number of rotatable bonds is 7. The molecule has 1 unspecified atom stereocenters. The predicted molar refractivity (Wildman–Crippen MR) is 92.8 cm³/mol. The lowest BCUT2D eigenvalue weighted by Crippen LogP contribution is -2.49. The van der Waals surface area contributed by atoms with Gasteiger partial charge in [-0.15, -0.1) is 0 Å². The lowest BCUT2D eigenvalue weighted by molar-refractivity contribution is 0.0525. The Morgan fingerprint density at radius 2 is 1.96 bits per heavy atom. The van der Waals surface area contributed by atoms with E-state index in [-0.39, 0.29) is 24.5 Å². The van der Waals surface area contributed by atoms with Crippen LogP contribution in [0.2, 0.25) is 0 Å². The standard InChI is InChI=1S/C18H30N2O3/c1-13(2)15(11-14-9-7-8-10-16(14)23-6)19-17(21)20(5)12-18(3,4)22/h7-10,13,15,22H,11-12H2,1-6H3,(H,19,21). The first-order chi connectivity index (χ1) is 10.6. The fraction of sp³-hybridized carbons (Fsp3) is 0.611. The molecule has 0 spiro atoms. The number of carbonyl (C=O) groups is 1. The van der Waals surface area contributed by atoms with Gasteiger partial charge >= 0.3 is 6.03 Å². The number of carbonyl (C=O) groups excluding carboxylic acids is 1. The van der Waals surface area contributed by atoms with Crippen LogP contribution >= 0.6 is 0 Å². The largest absolute Gasteiger partial charge is 0.496 e. The lowest BCUT2D eigenvalue weighted by Gasteiger charge is -2.29. The van der Waals surface area contributed by atoms with Gasteiger partial charge in [0.25, 0.3) is 0 Å². The highest BCUT2D eigenvalue weighted by atomic mass is 16.5. The second-order valence-electron chi connectivity index (χ2n) is 6.98. The number of nitrogens with zero attached hydrogens (tertiary/aromatic N) is 1. The summed E-state index contributed by atoms with van der Waals surface area (Å²) in [5.41, 5.74) is 0.154. The van der Waals surface area contributed by atoms with Crippen LogP contribution in [0.5, 0.6) is 5.75 Å². The van der Waals surface area contributed by atoms with Crippen LogP contribution in [-0.2, 0) is 6.42 Å². The third-order valence-electron chi connectivity index (χ3n) is 3.72. The Morgan fingerprint density at radius 1 is 1.35 bits per heavy atom. The molecule has 1 aromatic rings. The van der Waals surface area contributed by atoms with Gasteiger partial charge in [-0.3, -0.25) is 0 Å². The van der Waals surface area contributed by atoms with E-state index in [4.69, 9.17) is 4.74 Å². The van der Waals surface area contributed by atoms with E-state index in [0.29, 0.717) is 6.42 Å². The molecule has 0 saturated heterocycles. The van der Waals surface area contributed by atoms with Crippen molar-refractivity contribution < 1.29 is 14.6 Å². The van der Waals surface area contributed by atoms with Gasteiger partial charge in [-0.25, -0.2) is 4.79 Å². The van der Waals surface area contributed by atoms with Crippen molar-refractivity contribution in [3.8, 4) is 5.75 Å². The van der Waals surface area contributed by atoms with E-state index in [1.165, 1.54) is 4.90 Å². The molecule has 0 aliphatic rings. The number of para-hydroxylation sites is 1. The Hall–Kier alpha value is -1.75. The first kappa shape index (κ1) is 19.3. The van der Waals surface area contributed by atoms with Crippen LogP contribution in [0, 0.1) is 5.92 Å². The van der Waals surface area contributed by atoms with Gasteiger partial charge in [-0.1, -0.05) is 32.0 Å². The summed E-state index contributed by atoms with van der Waals surface area (Å²) in [5, 5.41) is 12.9. The van der Waals surface area contributed by atoms with Gasteiger partial charge < -0.3 is 20.1 Å². The summed E-state index contributed by atoms with van der Waals surface area (Å²) in [6, 6.07) is 7.65. The van der Waals surface area contributed by atoms with Crippen LogP contribution in [0.1, 0.15) is 33.3 Å². The number of amides is 2. The summed E-state index contributed by atoms with van der Waals surface area (Å²) < 4.78 is 5.39. The molecule has 23 heavy (non-hydrogen) atoms. The van der Waals surface area contributed by atoms with Gasteiger partial charge in [0.2, 0.25) is 0 Å². The molecule has 0 bridgehead atoms. The second kappa shape index (κ2) is 8.20. The number of urea groups is 1. The van der Waals surface area contributed by atoms with Gasteiger partial charge in [0.15, 0.2) is 0 Å². The first-order valence-corrected chi connectivity index (χ1v) is 8.00. The summed E-state index contributed by atoms with van der Waals surface area (Å²) in [5.74, 6) is 1.11. The summed E-state index contributed by atoms with van der Waals surface area (Å²) in [4.78, 5) is 13.9. The van der Waals surface area contributed by atoms with Crippen molar-refractivity contribution in [2.45, 2.75) is 45.8 Å². The molecule has 0 heterocycles. The van der Waals surface area contributed by atoms with Gasteiger partial charge in [0, 0.05) is 13.1 Å². The summed E-state index contributed by atoms with van der Waals surface area (Å²) in [6.45, 7) is 7.81. The summed E-state index contributed by atoms with van der Waals surface area (Å²) in [6.07, 6.45) is 0.698. The fourth-order valence-electron chi connectivity index (χ4n) is 2.48. The monoisotopic (exact) mass is 322 g/mol. The van der Waals surface area contributed by atoms with E-state index in [2.05, 4.69) is 19.2 Å². The molecule has 2 amide bonds. The highest BCUT2D eigenvalue weighted by Gasteiger charge is 2.23. The van der Waals surface area contributed by atoms with E-state index >= 15 is 0 Å². The van der Waals surface area contributed by atoms with Crippen molar-refractivity contribution in [3.63, 3.8) is 0 Å². The number of aliphatic hydroxyl groups is 1. The quantitative estimate of drug-likeness (QED) is 0.811. The zero-order chi connectivity index (χ0) is 17.6. The molecule has 130 valence electrons. The fourth-order valence-corrected chi connectivity index (χ4v) is 2.48. The molecule has 0 saturated carbocycles. The van der Waals surface area contributed by atoms with Gasteiger partial charge in [0.1, 0.15) is 5.75 Å². The van der Waals surface area contributed by atoms with Gasteiger partial charge in [0.05, 0.1) is 19.3 Å². The van der Waals surface area contributed by atoms with Crippen LogP contribution in [0.3, 0.4) is 0 Å². The normalized spacial score (nSPS) is 12.9. The summed E-state index contributed by atoms with van der Waals surface area (Å²) >= 11 is 0.